The van der Waals surface area contributed by atoms with Gasteiger partial charge in [0, 0.05) is 18.6 Å². The Morgan fingerprint density at radius 3 is 2.62 bits per heavy atom. The van der Waals surface area contributed by atoms with Crippen molar-refractivity contribution >= 4 is 0 Å². The molecule has 0 bridgehead atoms. The fraction of sp³-hybridized carbons (Fsp3) is 1.00. The molecule has 3 atom stereocenters. The van der Waals surface area contributed by atoms with Gasteiger partial charge in [0.15, 0.2) is 0 Å². The quantitative estimate of drug-likeness (QED) is 0.749. The maximum absolute atomic E-state index is 3.45. The van der Waals surface area contributed by atoms with E-state index in [1.54, 1.807) is 0 Å². The van der Waals surface area contributed by atoms with Gasteiger partial charge in [-0.3, -0.25) is 0 Å². The molecule has 0 aromatic heterocycles. The lowest BCUT2D eigenvalue weighted by Gasteiger charge is -2.38. The molecule has 0 spiro atoms. The van der Waals surface area contributed by atoms with Crippen LogP contribution in [0.1, 0.15) is 52.9 Å². The first kappa shape index (κ1) is 14.0. The molecule has 1 aliphatic carbocycles. The molecule has 0 aromatic rings. The van der Waals surface area contributed by atoms with Crippen LogP contribution in [0.4, 0.5) is 0 Å². The molecule has 96 valence electrons. The molecule has 1 rings (SSSR count). The third-order valence-electron chi connectivity index (χ3n) is 4.22. The van der Waals surface area contributed by atoms with Gasteiger partial charge in [0.05, 0.1) is 0 Å². The van der Waals surface area contributed by atoms with Crippen molar-refractivity contribution in [3.8, 4) is 0 Å². The van der Waals surface area contributed by atoms with Gasteiger partial charge in [-0.15, -0.1) is 0 Å². The first-order chi connectivity index (χ1) is 7.71. The monoisotopic (exact) mass is 226 g/mol. The second-order valence-electron chi connectivity index (χ2n) is 5.41. The van der Waals surface area contributed by atoms with Crippen LogP contribution in [0.3, 0.4) is 0 Å². The summed E-state index contributed by atoms with van der Waals surface area (Å²) in [6, 6.07) is 1.58. The fourth-order valence-electron chi connectivity index (χ4n) is 2.82. The van der Waals surface area contributed by atoms with E-state index in [9.17, 15) is 0 Å². The van der Waals surface area contributed by atoms with Crippen molar-refractivity contribution in [2.75, 3.05) is 20.1 Å². The lowest BCUT2D eigenvalue weighted by atomic mass is 9.89. The van der Waals surface area contributed by atoms with Gasteiger partial charge < -0.3 is 10.2 Å². The van der Waals surface area contributed by atoms with E-state index in [2.05, 4.69) is 38.0 Å². The van der Waals surface area contributed by atoms with Gasteiger partial charge in [0.25, 0.3) is 0 Å². The van der Waals surface area contributed by atoms with E-state index in [4.69, 9.17) is 0 Å². The Morgan fingerprint density at radius 2 is 2.06 bits per heavy atom. The summed E-state index contributed by atoms with van der Waals surface area (Å²) in [5.74, 6) is 0.843. The minimum absolute atomic E-state index is 0.754. The minimum Gasteiger partial charge on any atom is -0.317 e. The molecule has 1 aliphatic rings. The van der Waals surface area contributed by atoms with Crippen LogP contribution in [-0.2, 0) is 0 Å². The molecule has 2 heteroatoms. The zero-order valence-electron chi connectivity index (χ0n) is 11.6. The molecular formula is C14H30N2. The average Bonchev–Trinajstić information content (AvgIpc) is 2.35. The summed E-state index contributed by atoms with van der Waals surface area (Å²) >= 11 is 0. The molecule has 0 aromatic carbocycles. The van der Waals surface area contributed by atoms with Crippen LogP contribution >= 0.6 is 0 Å². The van der Waals surface area contributed by atoms with E-state index < -0.39 is 0 Å². The molecule has 0 heterocycles. The number of rotatable bonds is 6. The molecule has 0 saturated heterocycles. The number of hydrogen-bond acceptors (Lipinski definition) is 2. The van der Waals surface area contributed by atoms with Crippen molar-refractivity contribution in [3.05, 3.63) is 0 Å². The molecule has 0 aliphatic heterocycles. The lowest BCUT2D eigenvalue weighted by molar-refractivity contribution is 0.129. The van der Waals surface area contributed by atoms with Crippen LogP contribution < -0.4 is 5.32 Å². The second-order valence-corrected chi connectivity index (χ2v) is 5.41. The standard InChI is InChI=1S/C14H30N2/c1-5-12(3)11-16(6-2)14-9-7-8-13(10-14)15-4/h12-15H,5-11H2,1-4H3. The highest BCUT2D eigenvalue weighted by Crippen LogP contribution is 2.24. The van der Waals surface area contributed by atoms with Crippen molar-refractivity contribution < 1.29 is 0 Å². The molecule has 0 amide bonds. The molecule has 1 fully saturated rings. The van der Waals surface area contributed by atoms with E-state index in [1.165, 1.54) is 45.2 Å². The van der Waals surface area contributed by atoms with Crippen LogP contribution in [0.25, 0.3) is 0 Å². The molecule has 1 saturated carbocycles. The predicted molar refractivity (Wildman–Crippen MR) is 71.8 cm³/mol. The Morgan fingerprint density at radius 1 is 1.31 bits per heavy atom. The number of nitrogens with zero attached hydrogens (tertiary/aromatic N) is 1. The minimum atomic E-state index is 0.754. The molecular weight excluding hydrogens is 196 g/mol. The maximum Gasteiger partial charge on any atom is 0.0110 e. The number of nitrogens with one attached hydrogen (secondary N) is 1. The van der Waals surface area contributed by atoms with E-state index in [0.717, 1.165) is 18.0 Å². The Kier molecular flexibility index (Phi) is 6.37. The summed E-state index contributed by atoms with van der Waals surface area (Å²) in [6.45, 7) is 9.49. The first-order valence-electron chi connectivity index (χ1n) is 7.12. The van der Waals surface area contributed by atoms with Crippen molar-refractivity contribution in [2.24, 2.45) is 5.92 Å². The summed E-state index contributed by atoms with van der Waals surface area (Å²) in [5.41, 5.74) is 0. The van der Waals surface area contributed by atoms with Crippen molar-refractivity contribution in [1.82, 2.24) is 10.2 Å². The number of hydrogen-bond donors (Lipinski definition) is 1. The fourth-order valence-corrected chi connectivity index (χ4v) is 2.82. The van der Waals surface area contributed by atoms with E-state index >= 15 is 0 Å². The topological polar surface area (TPSA) is 15.3 Å². The van der Waals surface area contributed by atoms with Gasteiger partial charge in [0.2, 0.25) is 0 Å². The molecule has 3 unspecified atom stereocenters. The smallest absolute Gasteiger partial charge is 0.0110 e. The Hall–Kier alpha value is -0.0800. The van der Waals surface area contributed by atoms with Crippen LogP contribution in [0.15, 0.2) is 0 Å². The van der Waals surface area contributed by atoms with Crippen molar-refractivity contribution in [3.63, 3.8) is 0 Å². The van der Waals surface area contributed by atoms with Gasteiger partial charge in [0.1, 0.15) is 0 Å². The SMILES string of the molecule is CCC(C)CN(CC)C1CCCC(NC)C1. The van der Waals surface area contributed by atoms with E-state index in [0.29, 0.717) is 0 Å². The van der Waals surface area contributed by atoms with Crippen LogP contribution in [0.2, 0.25) is 0 Å². The summed E-state index contributed by atoms with van der Waals surface area (Å²) in [7, 11) is 2.11. The van der Waals surface area contributed by atoms with E-state index in [1.807, 2.05) is 0 Å². The highest BCUT2D eigenvalue weighted by molar-refractivity contribution is 4.83. The molecule has 16 heavy (non-hydrogen) atoms. The third kappa shape index (κ3) is 4.06. The first-order valence-corrected chi connectivity index (χ1v) is 7.12. The summed E-state index contributed by atoms with van der Waals surface area (Å²) < 4.78 is 0. The second kappa shape index (κ2) is 7.29. The van der Waals surface area contributed by atoms with Crippen LogP contribution in [0.5, 0.6) is 0 Å². The largest absolute Gasteiger partial charge is 0.317 e. The molecule has 1 N–H and O–H groups in total. The van der Waals surface area contributed by atoms with Crippen molar-refractivity contribution in [2.45, 2.75) is 65.0 Å². The lowest BCUT2D eigenvalue weighted by Crippen LogP contribution is -2.44. The summed E-state index contributed by atoms with van der Waals surface area (Å²) in [5, 5.41) is 3.45. The van der Waals surface area contributed by atoms with Crippen LogP contribution in [0, 0.1) is 5.92 Å². The Balaban J connectivity index is 2.44. The molecule has 2 nitrogen and oxygen atoms in total. The Bertz CT molecular complexity index is 180. The third-order valence-corrected chi connectivity index (χ3v) is 4.22. The highest BCUT2D eigenvalue weighted by atomic mass is 15.2. The summed E-state index contributed by atoms with van der Waals surface area (Å²) in [4.78, 5) is 2.71. The predicted octanol–water partition coefficient (Wildman–Crippen LogP) is 2.89. The molecule has 0 radical (unpaired) electrons. The van der Waals surface area contributed by atoms with E-state index in [-0.39, 0.29) is 0 Å². The van der Waals surface area contributed by atoms with Gasteiger partial charge in [-0.1, -0.05) is 33.6 Å². The highest BCUT2D eigenvalue weighted by Gasteiger charge is 2.25. The zero-order chi connectivity index (χ0) is 12.0. The zero-order valence-corrected chi connectivity index (χ0v) is 11.6. The normalized spacial score (nSPS) is 28.3. The summed E-state index contributed by atoms with van der Waals surface area (Å²) in [6.07, 6.45) is 6.82. The average molecular weight is 226 g/mol. The van der Waals surface area contributed by atoms with Gasteiger partial charge in [-0.05, 0) is 38.8 Å². The maximum atomic E-state index is 3.45. The van der Waals surface area contributed by atoms with Crippen molar-refractivity contribution in [1.29, 1.82) is 0 Å². The van der Waals surface area contributed by atoms with Gasteiger partial charge in [-0.25, -0.2) is 0 Å². The van der Waals surface area contributed by atoms with Crippen LogP contribution in [-0.4, -0.2) is 37.1 Å². The van der Waals surface area contributed by atoms with Gasteiger partial charge >= 0.3 is 0 Å². The van der Waals surface area contributed by atoms with Gasteiger partial charge in [-0.2, -0.15) is 0 Å². The Labute approximate surface area is 102 Å².